The summed E-state index contributed by atoms with van der Waals surface area (Å²) in [5.74, 6) is 0.650. The Hall–Kier alpha value is -6.52. The summed E-state index contributed by atoms with van der Waals surface area (Å²) in [6.45, 7) is 0. The number of rotatable bonds is 4. The van der Waals surface area contributed by atoms with Crippen LogP contribution in [0.4, 0.5) is 0 Å². The molecule has 1 aliphatic rings. The van der Waals surface area contributed by atoms with Crippen molar-refractivity contribution in [3.05, 3.63) is 169 Å². The van der Waals surface area contributed by atoms with E-state index >= 15 is 0 Å². The first kappa shape index (κ1) is 27.6. The van der Waals surface area contributed by atoms with E-state index in [4.69, 9.17) is 9.97 Å². The Morgan fingerprint density at radius 3 is 1.84 bits per heavy atom. The van der Waals surface area contributed by atoms with E-state index in [1.54, 1.807) is 0 Å². The summed E-state index contributed by atoms with van der Waals surface area (Å²) >= 11 is 0. The molecule has 0 spiro atoms. The van der Waals surface area contributed by atoms with Gasteiger partial charge in [-0.1, -0.05) is 140 Å². The van der Waals surface area contributed by atoms with Crippen molar-refractivity contribution in [2.75, 3.05) is 0 Å². The van der Waals surface area contributed by atoms with Crippen LogP contribution in [0.3, 0.4) is 0 Å². The van der Waals surface area contributed by atoms with E-state index in [-0.39, 0.29) is 0 Å². The Kier molecular flexibility index (Phi) is 6.21. The maximum Gasteiger partial charge on any atom is 0.235 e. The van der Waals surface area contributed by atoms with E-state index in [1.807, 2.05) is 12.1 Å². The first-order valence-corrected chi connectivity index (χ1v) is 16.8. The fraction of sp³-hybridized carbons (Fsp3) is 0.0222. The Balaban J connectivity index is 1.36. The van der Waals surface area contributed by atoms with Crippen LogP contribution in [0.2, 0.25) is 0 Å². The minimum absolute atomic E-state index is 0.650. The predicted octanol–water partition coefficient (Wildman–Crippen LogP) is 11.4. The number of fused-ring (bicyclic) bond motifs is 8. The van der Waals surface area contributed by atoms with Gasteiger partial charge < -0.3 is 4.57 Å². The quantitative estimate of drug-likeness (QED) is 0.195. The predicted molar refractivity (Wildman–Crippen MR) is 204 cm³/mol. The highest BCUT2D eigenvalue weighted by Gasteiger charge is 2.23. The second kappa shape index (κ2) is 11.0. The molecule has 230 valence electrons. The summed E-state index contributed by atoms with van der Waals surface area (Å²) in [6.07, 6.45) is 9.92. The van der Waals surface area contributed by atoms with Gasteiger partial charge in [0.05, 0.1) is 39.1 Å². The van der Waals surface area contributed by atoms with Gasteiger partial charge in [0, 0.05) is 38.2 Å². The zero-order chi connectivity index (χ0) is 32.3. The van der Waals surface area contributed by atoms with E-state index in [0.717, 1.165) is 45.5 Å². The van der Waals surface area contributed by atoms with Crippen molar-refractivity contribution in [3.63, 3.8) is 0 Å². The molecular formula is C45H30N4. The summed E-state index contributed by atoms with van der Waals surface area (Å²) in [5, 5.41) is 4.73. The lowest BCUT2D eigenvalue weighted by Gasteiger charge is -2.14. The van der Waals surface area contributed by atoms with E-state index < -0.39 is 0 Å². The zero-order valence-corrected chi connectivity index (χ0v) is 26.7. The van der Waals surface area contributed by atoms with Crippen molar-refractivity contribution in [2.24, 2.45) is 0 Å². The smallest absolute Gasteiger partial charge is 0.235 e. The van der Waals surface area contributed by atoms with Crippen molar-refractivity contribution in [1.82, 2.24) is 19.1 Å². The van der Waals surface area contributed by atoms with Crippen LogP contribution in [-0.4, -0.2) is 19.1 Å². The number of allylic oxidation sites excluding steroid dienone is 2. The number of para-hydroxylation sites is 2. The Labute approximate surface area is 283 Å². The third kappa shape index (κ3) is 4.31. The minimum atomic E-state index is 0.650. The average molecular weight is 627 g/mol. The van der Waals surface area contributed by atoms with E-state index in [0.29, 0.717) is 5.95 Å². The molecule has 0 aliphatic heterocycles. The minimum Gasteiger partial charge on any atom is -0.309 e. The fourth-order valence-electron chi connectivity index (χ4n) is 7.58. The van der Waals surface area contributed by atoms with Gasteiger partial charge >= 0.3 is 0 Å². The molecule has 0 unspecified atom stereocenters. The van der Waals surface area contributed by atoms with Crippen LogP contribution in [0.15, 0.2) is 158 Å². The third-order valence-electron chi connectivity index (χ3n) is 9.74. The van der Waals surface area contributed by atoms with Gasteiger partial charge in [-0.25, -0.2) is 9.97 Å². The van der Waals surface area contributed by atoms with Gasteiger partial charge in [-0.2, -0.15) is 0 Å². The van der Waals surface area contributed by atoms with Gasteiger partial charge in [0.1, 0.15) is 0 Å². The first-order valence-electron chi connectivity index (χ1n) is 16.8. The Bertz CT molecular complexity index is 2720. The highest BCUT2D eigenvalue weighted by Crippen LogP contribution is 2.42. The number of benzene rings is 6. The molecule has 3 aromatic heterocycles. The maximum absolute atomic E-state index is 5.32. The highest BCUT2D eigenvalue weighted by atomic mass is 15.2. The molecule has 0 bridgehead atoms. The molecule has 9 aromatic rings. The third-order valence-corrected chi connectivity index (χ3v) is 9.74. The van der Waals surface area contributed by atoms with Crippen molar-refractivity contribution < 1.29 is 0 Å². The molecule has 0 atom stereocenters. The monoisotopic (exact) mass is 626 g/mol. The van der Waals surface area contributed by atoms with Crippen LogP contribution in [0, 0.1) is 0 Å². The molecule has 49 heavy (non-hydrogen) atoms. The number of hydrogen-bond acceptors (Lipinski definition) is 2. The molecule has 10 rings (SSSR count). The molecule has 3 heterocycles. The molecule has 0 saturated heterocycles. The van der Waals surface area contributed by atoms with Crippen LogP contribution < -0.4 is 0 Å². The van der Waals surface area contributed by atoms with Crippen LogP contribution in [0.1, 0.15) is 17.5 Å². The molecule has 6 aromatic carbocycles. The van der Waals surface area contributed by atoms with Crippen molar-refractivity contribution in [1.29, 1.82) is 0 Å². The molecule has 0 radical (unpaired) electrons. The average Bonchev–Trinajstić information content (AvgIpc) is 3.56. The molecule has 1 aliphatic carbocycles. The summed E-state index contributed by atoms with van der Waals surface area (Å²) in [7, 11) is 0. The van der Waals surface area contributed by atoms with Crippen molar-refractivity contribution in [3.8, 4) is 34.2 Å². The first-order chi connectivity index (χ1) is 24.3. The highest BCUT2D eigenvalue weighted by molar-refractivity contribution is 6.26. The van der Waals surface area contributed by atoms with E-state index in [9.17, 15) is 0 Å². The van der Waals surface area contributed by atoms with Crippen LogP contribution in [0.25, 0.3) is 89.9 Å². The SMILES string of the molecule is C1=Cc2cccc(-n3c4ccccc4c4c3ccc3c5ccccc5n(-c5nc(-c6ccccc6)cc(-c6ccccc6)n5)c34)c2C=CC1. The van der Waals surface area contributed by atoms with Gasteiger partial charge in [0.15, 0.2) is 0 Å². The normalized spacial score (nSPS) is 12.7. The second-order valence-corrected chi connectivity index (χ2v) is 12.6. The molecule has 4 heteroatoms. The van der Waals surface area contributed by atoms with Gasteiger partial charge in [0.2, 0.25) is 5.95 Å². The number of nitrogens with zero attached hydrogens (tertiary/aromatic N) is 4. The lowest BCUT2D eigenvalue weighted by atomic mass is 10.0. The van der Waals surface area contributed by atoms with E-state index in [1.165, 1.54) is 43.9 Å². The van der Waals surface area contributed by atoms with Crippen molar-refractivity contribution in [2.45, 2.75) is 6.42 Å². The Morgan fingerprint density at radius 2 is 1.10 bits per heavy atom. The van der Waals surface area contributed by atoms with Gasteiger partial charge in [-0.3, -0.25) is 4.57 Å². The summed E-state index contributed by atoms with van der Waals surface area (Å²) < 4.78 is 4.72. The van der Waals surface area contributed by atoms with Gasteiger partial charge in [-0.15, -0.1) is 0 Å². The van der Waals surface area contributed by atoms with Crippen LogP contribution >= 0.6 is 0 Å². The van der Waals surface area contributed by atoms with E-state index in [2.05, 4.69) is 167 Å². The largest absolute Gasteiger partial charge is 0.309 e. The fourth-order valence-corrected chi connectivity index (χ4v) is 7.58. The van der Waals surface area contributed by atoms with Gasteiger partial charge in [-0.05, 0) is 42.3 Å². The molecule has 0 N–H and O–H groups in total. The zero-order valence-electron chi connectivity index (χ0n) is 26.7. The second-order valence-electron chi connectivity index (χ2n) is 12.6. The van der Waals surface area contributed by atoms with Crippen LogP contribution in [0.5, 0.6) is 0 Å². The summed E-state index contributed by atoms with van der Waals surface area (Å²) in [6, 6.07) is 51.5. The summed E-state index contributed by atoms with van der Waals surface area (Å²) in [4.78, 5) is 10.6. The number of hydrogen-bond donors (Lipinski definition) is 0. The molecule has 4 nitrogen and oxygen atoms in total. The maximum atomic E-state index is 5.32. The molecular weight excluding hydrogens is 597 g/mol. The van der Waals surface area contributed by atoms with Crippen molar-refractivity contribution >= 4 is 55.8 Å². The number of aromatic nitrogens is 4. The molecule has 0 fully saturated rings. The topological polar surface area (TPSA) is 35.6 Å². The lowest BCUT2D eigenvalue weighted by Crippen LogP contribution is -2.04. The lowest BCUT2D eigenvalue weighted by molar-refractivity contribution is 0.998. The molecule has 0 saturated carbocycles. The Morgan fingerprint density at radius 1 is 0.469 bits per heavy atom. The van der Waals surface area contributed by atoms with Gasteiger partial charge in [0.25, 0.3) is 0 Å². The molecule has 0 amide bonds. The standard InChI is InChI=1S/C45H30N4/c1-5-16-31(17-6-1)37-29-38(32-18-7-2-8-19-32)47-45(46-37)49-40-24-12-10-22-34(40)35-27-28-42-43(44(35)49)36-23-11-13-25-41(36)48(42)39-26-14-20-30-15-4-3-9-21-33(30)39/h1-2,4-29H,3H2. The summed E-state index contributed by atoms with van der Waals surface area (Å²) in [5.41, 5.74) is 12.0. The van der Waals surface area contributed by atoms with Crippen LogP contribution in [-0.2, 0) is 0 Å².